The number of thiazole rings is 1. The molecule has 29 heavy (non-hydrogen) atoms. The van der Waals surface area contributed by atoms with Crippen LogP contribution in [0.5, 0.6) is 5.75 Å². The molecule has 0 spiro atoms. The highest BCUT2D eigenvalue weighted by Crippen LogP contribution is 2.31. The van der Waals surface area contributed by atoms with Gasteiger partial charge in [0.2, 0.25) is 0 Å². The molecule has 0 atom stereocenters. The Morgan fingerprint density at radius 1 is 0.931 bits per heavy atom. The Bertz CT molecular complexity index is 1110. The Kier molecular flexibility index (Phi) is 6.03. The van der Waals surface area contributed by atoms with Gasteiger partial charge in [0.05, 0.1) is 10.2 Å². The summed E-state index contributed by atoms with van der Waals surface area (Å²) in [4.78, 5) is 16.7. The number of aromatic nitrogens is 1. The normalized spacial score (nSPS) is 10.5. The first-order chi connectivity index (χ1) is 14.2. The fourth-order valence-corrected chi connectivity index (χ4v) is 4.03. The summed E-state index contributed by atoms with van der Waals surface area (Å²) in [6.07, 6.45) is 0. The molecule has 1 aromatic heterocycles. The molecule has 4 aromatic rings. The average Bonchev–Trinajstić information content (AvgIpc) is 3.22. The Morgan fingerprint density at radius 2 is 1.62 bits per heavy atom. The van der Waals surface area contributed by atoms with Crippen molar-refractivity contribution in [1.29, 1.82) is 0 Å². The van der Waals surface area contributed by atoms with Gasteiger partial charge in [0.15, 0.2) is 11.7 Å². The molecule has 4 nitrogen and oxygen atoms in total. The van der Waals surface area contributed by atoms with Crippen molar-refractivity contribution in [2.75, 3.05) is 11.9 Å². The first-order valence-electron chi connectivity index (χ1n) is 8.97. The monoisotopic (exact) mass is 464 g/mol. The SMILES string of the molecule is O=C(COc1ccc(-c2ccccc2)cc1Br)Nc1nc(-c2ccccc2)cs1. The van der Waals surface area contributed by atoms with E-state index < -0.39 is 0 Å². The molecule has 144 valence electrons. The Balaban J connectivity index is 1.36. The van der Waals surface area contributed by atoms with Crippen LogP contribution >= 0.6 is 27.3 Å². The summed E-state index contributed by atoms with van der Waals surface area (Å²) in [7, 11) is 0. The molecular formula is C23H17BrN2O2S. The van der Waals surface area contributed by atoms with Crippen molar-refractivity contribution in [1.82, 2.24) is 4.98 Å². The minimum atomic E-state index is -0.252. The number of nitrogens with zero attached hydrogens (tertiary/aromatic N) is 1. The van der Waals surface area contributed by atoms with Gasteiger partial charge in [-0.15, -0.1) is 11.3 Å². The van der Waals surface area contributed by atoms with Gasteiger partial charge >= 0.3 is 0 Å². The van der Waals surface area contributed by atoms with Crippen LogP contribution in [0.3, 0.4) is 0 Å². The number of nitrogens with one attached hydrogen (secondary N) is 1. The van der Waals surface area contributed by atoms with E-state index in [1.165, 1.54) is 11.3 Å². The van der Waals surface area contributed by atoms with Crippen molar-refractivity contribution in [3.63, 3.8) is 0 Å². The summed E-state index contributed by atoms with van der Waals surface area (Å²) in [5.74, 6) is 0.363. The predicted molar refractivity (Wildman–Crippen MR) is 121 cm³/mol. The Morgan fingerprint density at radius 3 is 2.31 bits per heavy atom. The topological polar surface area (TPSA) is 51.2 Å². The summed E-state index contributed by atoms with van der Waals surface area (Å²) in [6, 6.07) is 25.7. The highest BCUT2D eigenvalue weighted by molar-refractivity contribution is 9.10. The molecule has 3 aromatic carbocycles. The summed E-state index contributed by atoms with van der Waals surface area (Å²) in [5.41, 5.74) is 4.05. The number of carbonyl (C=O) groups excluding carboxylic acids is 1. The van der Waals surface area contributed by atoms with Crippen molar-refractivity contribution in [2.24, 2.45) is 0 Å². The van der Waals surface area contributed by atoms with Gasteiger partial charge in [-0.2, -0.15) is 0 Å². The van der Waals surface area contributed by atoms with E-state index in [1.54, 1.807) is 0 Å². The summed E-state index contributed by atoms with van der Waals surface area (Å²) < 4.78 is 6.47. The summed E-state index contributed by atoms with van der Waals surface area (Å²) in [6.45, 7) is -0.0937. The molecule has 0 aliphatic heterocycles. The van der Waals surface area contributed by atoms with Crippen LogP contribution in [0.15, 0.2) is 88.7 Å². The number of hydrogen-bond donors (Lipinski definition) is 1. The molecule has 0 unspecified atom stereocenters. The molecule has 0 fully saturated rings. The maximum atomic E-state index is 12.2. The van der Waals surface area contributed by atoms with Crippen LogP contribution in [-0.2, 0) is 4.79 Å². The number of benzene rings is 3. The molecule has 0 aliphatic rings. The van der Waals surface area contributed by atoms with Crippen molar-refractivity contribution in [2.45, 2.75) is 0 Å². The molecule has 0 radical (unpaired) electrons. The standard InChI is InChI=1S/C23H17BrN2O2S/c24-19-13-18(16-7-3-1-4-8-16)11-12-21(19)28-14-22(27)26-23-25-20(15-29-23)17-9-5-2-6-10-17/h1-13,15H,14H2,(H,25,26,27). The number of rotatable bonds is 6. The number of anilines is 1. The maximum absolute atomic E-state index is 12.2. The molecule has 0 saturated heterocycles. The maximum Gasteiger partial charge on any atom is 0.264 e. The van der Waals surface area contributed by atoms with Crippen LogP contribution in [0, 0.1) is 0 Å². The lowest BCUT2D eigenvalue weighted by Crippen LogP contribution is -2.20. The second kappa shape index (κ2) is 9.03. The number of amides is 1. The van der Waals surface area contributed by atoms with E-state index in [-0.39, 0.29) is 12.5 Å². The third kappa shape index (κ3) is 4.91. The average molecular weight is 465 g/mol. The van der Waals surface area contributed by atoms with E-state index in [2.05, 4.69) is 26.2 Å². The molecular weight excluding hydrogens is 448 g/mol. The van der Waals surface area contributed by atoms with Crippen molar-refractivity contribution >= 4 is 38.3 Å². The largest absolute Gasteiger partial charge is 0.483 e. The quantitative estimate of drug-likeness (QED) is 0.366. The van der Waals surface area contributed by atoms with E-state index in [1.807, 2.05) is 84.2 Å². The van der Waals surface area contributed by atoms with Gasteiger partial charge in [0.1, 0.15) is 5.75 Å². The van der Waals surface area contributed by atoms with Gasteiger partial charge in [-0.25, -0.2) is 4.98 Å². The highest BCUT2D eigenvalue weighted by atomic mass is 79.9. The minimum absolute atomic E-state index is 0.0937. The molecule has 1 N–H and O–H groups in total. The van der Waals surface area contributed by atoms with Crippen LogP contribution in [0.2, 0.25) is 0 Å². The number of halogens is 1. The Hall–Kier alpha value is -2.96. The van der Waals surface area contributed by atoms with E-state index in [0.717, 1.165) is 26.9 Å². The van der Waals surface area contributed by atoms with E-state index in [4.69, 9.17) is 4.74 Å². The second-order valence-corrected chi connectivity index (χ2v) is 7.96. The first-order valence-corrected chi connectivity index (χ1v) is 10.6. The van der Waals surface area contributed by atoms with E-state index in [0.29, 0.717) is 10.9 Å². The zero-order chi connectivity index (χ0) is 20.1. The zero-order valence-corrected chi connectivity index (χ0v) is 17.7. The molecule has 1 heterocycles. The van der Waals surface area contributed by atoms with Gasteiger partial charge < -0.3 is 4.74 Å². The molecule has 4 rings (SSSR count). The summed E-state index contributed by atoms with van der Waals surface area (Å²) in [5, 5.41) is 5.26. The zero-order valence-electron chi connectivity index (χ0n) is 15.3. The third-order valence-corrected chi connectivity index (χ3v) is 5.60. The lowest BCUT2D eigenvalue weighted by molar-refractivity contribution is -0.118. The number of ether oxygens (including phenoxy) is 1. The third-order valence-electron chi connectivity index (χ3n) is 4.22. The van der Waals surface area contributed by atoms with Crippen LogP contribution in [0.1, 0.15) is 0 Å². The van der Waals surface area contributed by atoms with Gasteiger partial charge in [-0.3, -0.25) is 10.1 Å². The van der Waals surface area contributed by atoms with Crippen molar-refractivity contribution in [3.8, 4) is 28.1 Å². The van der Waals surface area contributed by atoms with Gasteiger partial charge in [-0.05, 0) is 39.2 Å². The molecule has 0 saturated carbocycles. The van der Waals surface area contributed by atoms with Gasteiger partial charge in [-0.1, -0.05) is 66.7 Å². The van der Waals surface area contributed by atoms with E-state index >= 15 is 0 Å². The van der Waals surface area contributed by atoms with E-state index in [9.17, 15) is 4.79 Å². The molecule has 6 heteroatoms. The fraction of sp³-hybridized carbons (Fsp3) is 0.0435. The highest BCUT2D eigenvalue weighted by Gasteiger charge is 2.10. The van der Waals surface area contributed by atoms with Gasteiger partial charge in [0.25, 0.3) is 5.91 Å². The second-order valence-electron chi connectivity index (χ2n) is 6.25. The fourth-order valence-electron chi connectivity index (χ4n) is 2.80. The lowest BCUT2D eigenvalue weighted by Gasteiger charge is -2.10. The van der Waals surface area contributed by atoms with Crippen molar-refractivity contribution in [3.05, 3.63) is 88.7 Å². The predicted octanol–water partition coefficient (Wildman–Crippen LogP) is 6.26. The lowest BCUT2D eigenvalue weighted by atomic mass is 10.1. The molecule has 0 bridgehead atoms. The first kappa shape index (κ1) is 19.4. The molecule has 0 aliphatic carbocycles. The summed E-state index contributed by atoms with van der Waals surface area (Å²) >= 11 is 4.91. The van der Waals surface area contributed by atoms with Crippen LogP contribution < -0.4 is 10.1 Å². The number of carbonyl (C=O) groups is 1. The number of hydrogen-bond acceptors (Lipinski definition) is 4. The van der Waals surface area contributed by atoms with Crippen molar-refractivity contribution < 1.29 is 9.53 Å². The van der Waals surface area contributed by atoms with Crippen LogP contribution in [-0.4, -0.2) is 17.5 Å². The smallest absolute Gasteiger partial charge is 0.264 e. The van der Waals surface area contributed by atoms with Gasteiger partial charge in [0, 0.05) is 10.9 Å². The van der Waals surface area contributed by atoms with Crippen LogP contribution in [0.4, 0.5) is 5.13 Å². The molecule has 1 amide bonds. The minimum Gasteiger partial charge on any atom is -0.483 e. The van der Waals surface area contributed by atoms with Crippen LogP contribution in [0.25, 0.3) is 22.4 Å². The Labute approximate surface area is 181 Å².